The van der Waals surface area contributed by atoms with E-state index < -0.39 is 18.1 Å². The molecular weight excluding hydrogens is 441 g/mol. The Kier molecular flexibility index (Phi) is 6.91. The summed E-state index contributed by atoms with van der Waals surface area (Å²) in [7, 11) is 1.28. The van der Waals surface area contributed by atoms with E-state index in [1.54, 1.807) is 0 Å². The number of alkyl halides is 7. The lowest BCUT2D eigenvalue weighted by atomic mass is 10.2. The minimum absolute atomic E-state index is 0.0540. The van der Waals surface area contributed by atoms with Crippen LogP contribution in [0.15, 0.2) is 34.4 Å². The van der Waals surface area contributed by atoms with Gasteiger partial charge in [0.05, 0.1) is 17.8 Å². The van der Waals surface area contributed by atoms with Crippen molar-refractivity contribution in [1.29, 1.82) is 0 Å². The van der Waals surface area contributed by atoms with E-state index in [-0.39, 0.29) is 23.7 Å². The first-order valence-corrected chi connectivity index (χ1v) is 7.40. The summed E-state index contributed by atoms with van der Waals surface area (Å²) in [4.78, 5) is 0. The molecule has 0 aliphatic carbocycles. The van der Waals surface area contributed by atoms with E-state index in [9.17, 15) is 30.7 Å². The van der Waals surface area contributed by atoms with Gasteiger partial charge < -0.3 is 9.47 Å². The lowest BCUT2D eigenvalue weighted by Crippen LogP contribution is -2.58. The van der Waals surface area contributed by atoms with Crippen molar-refractivity contribution in [3.8, 4) is 11.5 Å². The molecule has 0 heterocycles. The normalized spacial score (nSPS) is 13.0. The molecular formula is C14H12BrF7N2O2. The van der Waals surface area contributed by atoms with E-state index in [0.29, 0.717) is 16.1 Å². The highest BCUT2D eigenvalue weighted by Crippen LogP contribution is 2.45. The van der Waals surface area contributed by atoms with Crippen LogP contribution >= 0.6 is 15.9 Å². The zero-order valence-corrected chi connectivity index (χ0v) is 14.6. The topological polar surface area (TPSA) is 42.8 Å². The quantitative estimate of drug-likeness (QED) is 0.204. The Hall–Kier alpha value is -1.98. The number of ether oxygens (including phenoxy) is 2. The Morgan fingerprint density at radius 2 is 1.81 bits per heavy atom. The molecule has 0 radical (unpaired) electrons. The van der Waals surface area contributed by atoms with Gasteiger partial charge in [0.1, 0.15) is 6.61 Å². The second-order valence-corrected chi connectivity index (χ2v) is 5.50. The van der Waals surface area contributed by atoms with E-state index >= 15 is 0 Å². The molecule has 0 bridgehead atoms. The first kappa shape index (κ1) is 22.1. The molecule has 0 fully saturated rings. The lowest BCUT2D eigenvalue weighted by Gasteiger charge is -2.27. The molecule has 1 aromatic rings. The van der Waals surface area contributed by atoms with Crippen molar-refractivity contribution in [2.45, 2.75) is 18.1 Å². The van der Waals surface area contributed by atoms with Crippen molar-refractivity contribution in [2.75, 3.05) is 13.7 Å². The SMILES string of the molecule is C=CCOc1c(Br)cc(/C=N/NC(F)(F)C(F)(F)C(F)(F)F)cc1OC. The molecule has 1 aromatic carbocycles. The summed E-state index contributed by atoms with van der Waals surface area (Å²) in [6, 6.07) is -3.10. The molecule has 0 saturated carbocycles. The van der Waals surface area contributed by atoms with Gasteiger partial charge in [0.15, 0.2) is 11.5 Å². The van der Waals surface area contributed by atoms with Gasteiger partial charge in [-0.15, -0.1) is 0 Å². The van der Waals surface area contributed by atoms with Gasteiger partial charge in [-0.1, -0.05) is 12.7 Å². The summed E-state index contributed by atoms with van der Waals surface area (Å²) in [6.07, 6.45) is -4.38. The monoisotopic (exact) mass is 452 g/mol. The average Bonchev–Trinajstić information content (AvgIpc) is 2.52. The molecule has 0 aliphatic rings. The third kappa shape index (κ3) is 4.80. The number of nitrogens with zero attached hydrogens (tertiary/aromatic N) is 1. The maximum Gasteiger partial charge on any atom is 0.462 e. The predicted molar refractivity (Wildman–Crippen MR) is 83.1 cm³/mol. The largest absolute Gasteiger partial charge is 0.493 e. The summed E-state index contributed by atoms with van der Waals surface area (Å²) in [5, 5.41) is 2.76. The Balaban J connectivity index is 3.02. The van der Waals surface area contributed by atoms with Crippen molar-refractivity contribution in [3.63, 3.8) is 0 Å². The molecule has 1 N–H and O–H groups in total. The van der Waals surface area contributed by atoms with Gasteiger partial charge in [-0.2, -0.15) is 35.8 Å². The number of halogens is 8. The van der Waals surface area contributed by atoms with Crippen LogP contribution in [0.25, 0.3) is 0 Å². The van der Waals surface area contributed by atoms with Gasteiger partial charge in [-0.25, -0.2) is 5.43 Å². The Morgan fingerprint density at radius 3 is 2.31 bits per heavy atom. The number of nitrogens with one attached hydrogen (secondary N) is 1. The van der Waals surface area contributed by atoms with Crippen LogP contribution in [0.5, 0.6) is 11.5 Å². The summed E-state index contributed by atoms with van der Waals surface area (Å²) in [5.41, 5.74) is 0.580. The van der Waals surface area contributed by atoms with Crippen LogP contribution in [0.3, 0.4) is 0 Å². The third-order valence-corrected chi connectivity index (χ3v) is 3.36. The second-order valence-electron chi connectivity index (χ2n) is 4.65. The second kappa shape index (κ2) is 8.14. The molecule has 0 saturated heterocycles. The third-order valence-electron chi connectivity index (χ3n) is 2.77. The number of rotatable bonds is 8. The Morgan fingerprint density at radius 1 is 1.19 bits per heavy atom. The van der Waals surface area contributed by atoms with Gasteiger partial charge in [0, 0.05) is 0 Å². The molecule has 0 amide bonds. The van der Waals surface area contributed by atoms with Gasteiger partial charge in [-0.05, 0) is 33.6 Å². The van der Waals surface area contributed by atoms with Crippen LogP contribution in [0.4, 0.5) is 30.7 Å². The molecule has 0 atom stereocenters. The first-order valence-electron chi connectivity index (χ1n) is 6.61. The lowest BCUT2D eigenvalue weighted by molar-refractivity contribution is -0.361. The van der Waals surface area contributed by atoms with Crippen LogP contribution in [-0.2, 0) is 0 Å². The van der Waals surface area contributed by atoms with E-state index in [4.69, 9.17) is 9.47 Å². The predicted octanol–water partition coefficient (Wildman–Crippen LogP) is 4.74. The number of hydrazone groups is 1. The Bertz CT molecular complexity index is 678. The molecule has 4 nitrogen and oxygen atoms in total. The Labute approximate surface area is 151 Å². The molecule has 12 heteroatoms. The van der Waals surface area contributed by atoms with E-state index in [2.05, 4.69) is 27.6 Å². The zero-order valence-electron chi connectivity index (χ0n) is 13.0. The molecule has 0 unspecified atom stereocenters. The molecule has 1 rings (SSSR count). The minimum Gasteiger partial charge on any atom is -0.493 e. The van der Waals surface area contributed by atoms with Crippen molar-refractivity contribution in [3.05, 3.63) is 34.8 Å². The number of methoxy groups -OCH3 is 1. The molecule has 0 aliphatic heterocycles. The smallest absolute Gasteiger partial charge is 0.462 e. The highest BCUT2D eigenvalue weighted by molar-refractivity contribution is 9.10. The van der Waals surface area contributed by atoms with Crippen LogP contribution in [0.1, 0.15) is 5.56 Å². The van der Waals surface area contributed by atoms with Gasteiger partial charge in [0.25, 0.3) is 0 Å². The summed E-state index contributed by atoms with van der Waals surface area (Å²) in [5.74, 6) is -5.93. The van der Waals surface area contributed by atoms with Crippen LogP contribution in [-0.4, -0.2) is 38.1 Å². The van der Waals surface area contributed by atoms with E-state index in [1.165, 1.54) is 25.3 Å². The van der Waals surface area contributed by atoms with E-state index in [1.807, 2.05) is 0 Å². The van der Waals surface area contributed by atoms with Crippen LogP contribution in [0, 0.1) is 0 Å². The summed E-state index contributed by atoms with van der Waals surface area (Å²) < 4.78 is 98.3. The van der Waals surface area contributed by atoms with Crippen molar-refractivity contribution in [1.82, 2.24) is 5.43 Å². The van der Waals surface area contributed by atoms with Crippen molar-refractivity contribution >= 4 is 22.1 Å². The molecule has 146 valence electrons. The highest BCUT2D eigenvalue weighted by atomic mass is 79.9. The standard InChI is InChI=1S/C14H12BrF7N2O2/c1-3-4-26-11-9(15)5-8(6-10(11)25-2)7-23-24-14(21,22)12(16,17)13(18,19)20/h3,5-7,24H,1,4H2,2H3/b23-7+. The van der Waals surface area contributed by atoms with Gasteiger partial charge in [0.2, 0.25) is 0 Å². The van der Waals surface area contributed by atoms with Crippen molar-refractivity contribution < 1.29 is 40.2 Å². The maximum absolute atomic E-state index is 13.1. The fourth-order valence-corrected chi connectivity index (χ4v) is 2.11. The number of hydrogen-bond donors (Lipinski definition) is 1. The molecule has 0 spiro atoms. The van der Waals surface area contributed by atoms with Crippen molar-refractivity contribution in [2.24, 2.45) is 5.10 Å². The molecule has 26 heavy (non-hydrogen) atoms. The first-order chi connectivity index (χ1) is 11.9. The fourth-order valence-electron chi connectivity index (χ4n) is 1.53. The number of hydrogen-bond acceptors (Lipinski definition) is 4. The minimum atomic E-state index is -6.45. The summed E-state index contributed by atoms with van der Waals surface area (Å²) >= 11 is 3.12. The average molecular weight is 453 g/mol. The summed E-state index contributed by atoms with van der Waals surface area (Å²) in [6.45, 7) is 3.58. The maximum atomic E-state index is 13.1. The molecule has 0 aromatic heterocycles. The highest BCUT2D eigenvalue weighted by Gasteiger charge is 2.73. The fraction of sp³-hybridized carbons (Fsp3) is 0.357. The van der Waals surface area contributed by atoms with Crippen LogP contribution in [0.2, 0.25) is 0 Å². The van der Waals surface area contributed by atoms with E-state index in [0.717, 1.165) is 0 Å². The van der Waals surface area contributed by atoms with Gasteiger partial charge in [-0.3, -0.25) is 0 Å². The zero-order chi connectivity index (χ0) is 20.2. The number of benzene rings is 1. The van der Waals surface area contributed by atoms with Gasteiger partial charge >= 0.3 is 18.1 Å². The van der Waals surface area contributed by atoms with Crippen LogP contribution < -0.4 is 14.9 Å².